The number of esters is 1. The molecule has 0 bridgehead atoms. The Balaban J connectivity index is 1.63. The number of benzene rings is 1. The van der Waals surface area contributed by atoms with Crippen LogP contribution in [0.1, 0.15) is 41.7 Å². The fraction of sp³-hybridized carbons (Fsp3) is 0.391. The molecule has 192 valence electrons. The molecule has 1 atom stereocenters. The minimum absolute atomic E-state index is 0.0950. The third kappa shape index (κ3) is 7.01. The van der Waals surface area contributed by atoms with Gasteiger partial charge in [0.1, 0.15) is 16.5 Å². The first-order chi connectivity index (χ1) is 17.0. The Labute approximate surface area is 211 Å². The van der Waals surface area contributed by atoms with E-state index >= 15 is 0 Å². The molecule has 0 radical (unpaired) electrons. The van der Waals surface area contributed by atoms with Crippen molar-refractivity contribution in [1.29, 1.82) is 0 Å². The number of amides is 3. The fourth-order valence-electron chi connectivity index (χ4n) is 3.24. The zero-order chi connectivity index (χ0) is 26.5. The smallest absolute Gasteiger partial charge is 0.407 e. The zero-order valence-corrected chi connectivity index (χ0v) is 21.4. The van der Waals surface area contributed by atoms with E-state index in [1.165, 1.54) is 7.11 Å². The van der Waals surface area contributed by atoms with Crippen LogP contribution in [0, 0.1) is 6.92 Å². The molecule has 13 heteroatoms. The summed E-state index contributed by atoms with van der Waals surface area (Å²) in [5.74, 6) is -1.66. The highest BCUT2D eigenvalue weighted by atomic mass is 32.1. The predicted molar refractivity (Wildman–Crippen MR) is 133 cm³/mol. The number of H-pyrrole nitrogens is 1. The summed E-state index contributed by atoms with van der Waals surface area (Å²) in [6.07, 6.45) is 1.01. The molecule has 0 fully saturated rings. The number of rotatable bonds is 8. The Bertz CT molecular complexity index is 1280. The molecule has 1 aromatic carbocycles. The molecule has 3 aromatic rings. The Kier molecular flexibility index (Phi) is 8.25. The third-order valence-corrected chi connectivity index (χ3v) is 5.89. The van der Waals surface area contributed by atoms with E-state index in [9.17, 15) is 19.2 Å². The quantitative estimate of drug-likeness (QED) is 0.331. The maximum atomic E-state index is 12.9. The van der Waals surface area contributed by atoms with Crippen LogP contribution in [0.2, 0.25) is 0 Å². The average molecular weight is 517 g/mol. The average Bonchev–Trinajstić information content (AvgIpc) is 3.41. The summed E-state index contributed by atoms with van der Waals surface area (Å²) in [5, 5.41) is 15.6. The van der Waals surface area contributed by atoms with Crippen molar-refractivity contribution in [3.63, 3.8) is 0 Å². The highest BCUT2D eigenvalue weighted by Gasteiger charge is 2.26. The first kappa shape index (κ1) is 26.6. The Hall–Kier alpha value is -4.00. The van der Waals surface area contributed by atoms with Crippen LogP contribution >= 0.6 is 11.3 Å². The van der Waals surface area contributed by atoms with Gasteiger partial charge in [0.2, 0.25) is 5.91 Å². The number of hydrogen-bond acceptors (Lipinski definition) is 9. The number of nitrogens with zero attached hydrogens (tertiary/aromatic N) is 2. The van der Waals surface area contributed by atoms with Crippen LogP contribution in [-0.2, 0) is 25.5 Å². The number of aromatic nitrogens is 3. The molecule has 0 saturated carbocycles. The highest BCUT2D eigenvalue weighted by molar-refractivity contribution is 7.17. The van der Waals surface area contributed by atoms with Crippen molar-refractivity contribution in [1.82, 2.24) is 25.8 Å². The van der Waals surface area contributed by atoms with Crippen molar-refractivity contribution in [2.75, 3.05) is 19.0 Å². The standard InChI is InChI=1S/C23H28N6O6S/c1-12-18(19(31)27-16(20(32)34-5)11-24-22(33)35-23(2,3)4)36-21(26-12)28-17(30)9-13-7-6-8-15-14(13)10-25-29-15/h6-8,10,16H,9,11H2,1-5H3,(H,24,33)(H,25,29)(H,27,31)(H,26,28,30)/t16-/m0/s1. The largest absolute Gasteiger partial charge is 0.467 e. The summed E-state index contributed by atoms with van der Waals surface area (Å²) >= 11 is 0.968. The minimum atomic E-state index is -1.16. The Morgan fingerprint density at radius 1 is 1.19 bits per heavy atom. The lowest BCUT2D eigenvalue weighted by Crippen LogP contribution is -2.49. The van der Waals surface area contributed by atoms with Gasteiger partial charge in [-0.1, -0.05) is 23.5 Å². The third-order valence-electron chi connectivity index (χ3n) is 4.82. The normalized spacial score (nSPS) is 12.0. The number of nitrogens with one attached hydrogen (secondary N) is 4. The van der Waals surface area contributed by atoms with Gasteiger partial charge in [-0.15, -0.1) is 0 Å². The number of alkyl carbamates (subject to hydrolysis) is 1. The lowest BCUT2D eigenvalue weighted by atomic mass is 10.1. The molecule has 0 unspecified atom stereocenters. The number of anilines is 1. The van der Waals surface area contributed by atoms with Gasteiger partial charge in [0.15, 0.2) is 5.13 Å². The maximum Gasteiger partial charge on any atom is 0.407 e. The molecule has 0 spiro atoms. The van der Waals surface area contributed by atoms with E-state index in [1.54, 1.807) is 33.9 Å². The van der Waals surface area contributed by atoms with Gasteiger partial charge in [-0.2, -0.15) is 5.10 Å². The first-order valence-electron chi connectivity index (χ1n) is 11.0. The number of hydrogen-bond donors (Lipinski definition) is 4. The van der Waals surface area contributed by atoms with Crippen LogP contribution in [0.5, 0.6) is 0 Å². The van der Waals surface area contributed by atoms with Crippen molar-refractivity contribution in [2.24, 2.45) is 0 Å². The number of ether oxygens (including phenoxy) is 2. The summed E-state index contributed by atoms with van der Waals surface area (Å²) < 4.78 is 9.87. The van der Waals surface area contributed by atoms with E-state index in [2.05, 4.69) is 31.1 Å². The molecular weight excluding hydrogens is 488 g/mol. The van der Waals surface area contributed by atoms with Gasteiger partial charge >= 0.3 is 12.1 Å². The monoisotopic (exact) mass is 516 g/mol. The number of methoxy groups -OCH3 is 1. The van der Waals surface area contributed by atoms with E-state index < -0.39 is 29.6 Å². The number of carbonyl (C=O) groups excluding carboxylic acids is 4. The van der Waals surface area contributed by atoms with Gasteiger partial charge in [0, 0.05) is 5.39 Å². The number of aryl methyl sites for hydroxylation is 1. The van der Waals surface area contributed by atoms with E-state index in [0.29, 0.717) is 5.69 Å². The van der Waals surface area contributed by atoms with Crippen LogP contribution in [0.3, 0.4) is 0 Å². The van der Waals surface area contributed by atoms with Crippen LogP contribution in [-0.4, -0.2) is 64.4 Å². The lowest BCUT2D eigenvalue weighted by molar-refractivity contribution is -0.142. The Morgan fingerprint density at radius 3 is 2.64 bits per heavy atom. The molecule has 0 aliphatic heterocycles. The molecule has 0 saturated heterocycles. The van der Waals surface area contributed by atoms with Crippen molar-refractivity contribution in [2.45, 2.75) is 45.8 Å². The van der Waals surface area contributed by atoms with Gasteiger partial charge in [0.05, 0.1) is 37.5 Å². The van der Waals surface area contributed by atoms with Gasteiger partial charge in [0.25, 0.3) is 5.91 Å². The highest BCUT2D eigenvalue weighted by Crippen LogP contribution is 2.23. The molecule has 12 nitrogen and oxygen atoms in total. The van der Waals surface area contributed by atoms with E-state index in [0.717, 1.165) is 27.8 Å². The minimum Gasteiger partial charge on any atom is -0.467 e. The van der Waals surface area contributed by atoms with Crippen LogP contribution in [0.25, 0.3) is 10.9 Å². The van der Waals surface area contributed by atoms with Crippen LogP contribution in [0.15, 0.2) is 24.4 Å². The second-order valence-electron chi connectivity index (χ2n) is 8.84. The van der Waals surface area contributed by atoms with E-state index in [4.69, 9.17) is 9.47 Å². The van der Waals surface area contributed by atoms with Gasteiger partial charge in [-0.05, 0) is 39.3 Å². The molecule has 0 aliphatic carbocycles. The van der Waals surface area contributed by atoms with Gasteiger partial charge in [-0.3, -0.25) is 14.7 Å². The fourth-order valence-corrected chi connectivity index (χ4v) is 4.13. The maximum absolute atomic E-state index is 12.9. The second-order valence-corrected chi connectivity index (χ2v) is 9.84. The van der Waals surface area contributed by atoms with Crippen molar-refractivity contribution in [3.8, 4) is 0 Å². The molecule has 0 aliphatic rings. The summed E-state index contributed by atoms with van der Waals surface area (Å²) in [4.78, 5) is 54.0. The SMILES string of the molecule is COC(=O)[C@H](CNC(=O)OC(C)(C)C)NC(=O)c1sc(NC(=O)Cc2cccc3[nH]ncc23)nc1C. The van der Waals surface area contributed by atoms with Crippen molar-refractivity contribution in [3.05, 3.63) is 40.5 Å². The molecule has 3 amide bonds. The van der Waals surface area contributed by atoms with Gasteiger partial charge < -0.3 is 25.4 Å². The molecule has 2 heterocycles. The summed E-state index contributed by atoms with van der Waals surface area (Å²) in [7, 11) is 1.17. The predicted octanol–water partition coefficient (Wildman–Crippen LogP) is 2.31. The Morgan fingerprint density at radius 2 is 1.94 bits per heavy atom. The first-order valence-corrected chi connectivity index (χ1v) is 11.8. The molecule has 36 heavy (non-hydrogen) atoms. The lowest BCUT2D eigenvalue weighted by Gasteiger charge is -2.21. The van der Waals surface area contributed by atoms with Crippen LogP contribution < -0.4 is 16.0 Å². The number of thiazole rings is 1. The summed E-state index contributed by atoms with van der Waals surface area (Å²) in [6.45, 7) is 6.47. The molecule has 4 N–H and O–H groups in total. The second kappa shape index (κ2) is 11.2. The van der Waals surface area contributed by atoms with Crippen molar-refractivity contribution < 1.29 is 28.7 Å². The van der Waals surface area contributed by atoms with Crippen molar-refractivity contribution >= 4 is 51.2 Å². The van der Waals surface area contributed by atoms with E-state index in [1.807, 2.05) is 18.2 Å². The topological polar surface area (TPSA) is 164 Å². The molecule has 2 aromatic heterocycles. The molecule has 3 rings (SSSR count). The number of aromatic amines is 1. The number of carbonyl (C=O) groups is 4. The molecular formula is C23H28N6O6S. The van der Waals surface area contributed by atoms with Crippen LogP contribution in [0.4, 0.5) is 9.93 Å². The number of fused-ring (bicyclic) bond motifs is 1. The summed E-state index contributed by atoms with van der Waals surface area (Å²) in [6, 6.07) is 4.37. The zero-order valence-electron chi connectivity index (χ0n) is 20.6. The van der Waals surface area contributed by atoms with Gasteiger partial charge in [-0.25, -0.2) is 14.6 Å². The summed E-state index contributed by atoms with van der Waals surface area (Å²) in [5.41, 5.74) is 1.27. The van der Waals surface area contributed by atoms with E-state index in [-0.39, 0.29) is 28.9 Å².